The van der Waals surface area contributed by atoms with E-state index in [4.69, 9.17) is 14.5 Å². The molecule has 0 aromatic carbocycles. The van der Waals surface area contributed by atoms with Crippen molar-refractivity contribution in [1.82, 2.24) is 14.9 Å². The highest BCUT2D eigenvalue weighted by Gasteiger charge is 2.48. The number of rotatable bonds is 6. The number of anilines is 2. The number of fused-ring (bicyclic) bond motifs is 1. The zero-order valence-corrected chi connectivity index (χ0v) is 18.3. The quantitative estimate of drug-likeness (QED) is 0.722. The second kappa shape index (κ2) is 9.14. The molecule has 3 aliphatic rings. The van der Waals surface area contributed by atoms with E-state index in [1.807, 2.05) is 19.4 Å². The van der Waals surface area contributed by atoms with Gasteiger partial charge in [0.05, 0.1) is 19.8 Å². The van der Waals surface area contributed by atoms with Crippen molar-refractivity contribution in [1.29, 1.82) is 0 Å². The zero-order valence-electron chi connectivity index (χ0n) is 18.3. The number of hydrogen-bond donors (Lipinski definition) is 0. The van der Waals surface area contributed by atoms with Crippen LogP contribution in [-0.2, 0) is 9.47 Å². The fraction of sp³-hybridized carbons (Fsp3) is 0.818. The van der Waals surface area contributed by atoms with Crippen LogP contribution in [0.2, 0.25) is 0 Å². The summed E-state index contributed by atoms with van der Waals surface area (Å²) < 4.78 is 11.3. The van der Waals surface area contributed by atoms with Crippen LogP contribution < -0.4 is 9.80 Å². The molecule has 4 rings (SSSR count). The molecule has 3 fully saturated rings. The van der Waals surface area contributed by atoms with Crippen molar-refractivity contribution in [3.8, 4) is 0 Å². The molecule has 1 saturated carbocycles. The molecule has 1 aromatic heterocycles. The summed E-state index contributed by atoms with van der Waals surface area (Å²) in [5.41, 5.74) is 0.214. The minimum Gasteiger partial charge on any atom is -0.384 e. The Labute approximate surface area is 175 Å². The molecular weight excluding hydrogens is 366 g/mol. The van der Waals surface area contributed by atoms with Crippen LogP contribution in [0.5, 0.6) is 0 Å². The van der Waals surface area contributed by atoms with Gasteiger partial charge in [-0.2, -0.15) is 4.98 Å². The Morgan fingerprint density at radius 3 is 2.86 bits per heavy atom. The summed E-state index contributed by atoms with van der Waals surface area (Å²) >= 11 is 0. The second-order valence-corrected chi connectivity index (χ2v) is 9.01. The molecule has 1 aliphatic carbocycles. The molecule has 1 aromatic rings. The highest BCUT2D eigenvalue weighted by atomic mass is 16.5. The van der Waals surface area contributed by atoms with Gasteiger partial charge in [0.25, 0.3) is 0 Å². The molecule has 2 aliphatic heterocycles. The van der Waals surface area contributed by atoms with Gasteiger partial charge in [0.2, 0.25) is 5.95 Å². The molecule has 0 spiro atoms. The Bertz CT molecular complexity index is 668. The Morgan fingerprint density at radius 2 is 2.10 bits per heavy atom. The fourth-order valence-electron chi connectivity index (χ4n) is 5.59. The standard InChI is InChI=1S/C22H37N5O2/c1-4-25(2)20-6-9-23-21(24-20)27-10-7-18-15-19(26-11-13-29-14-12-26)5-8-22(18,16-27)17-28-3/h6,9,18-19H,4-5,7-8,10-17H2,1-3H3/t18-,19-,22+/m1/s1. The first-order valence-corrected chi connectivity index (χ1v) is 11.2. The summed E-state index contributed by atoms with van der Waals surface area (Å²) in [6, 6.07) is 2.70. The average Bonchev–Trinajstić information content (AvgIpc) is 2.78. The minimum absolute atomic E-state index is 0.214. The van der Waals surface area contributed by atoms with Gasteiger partial charge in [-0.05, 0) is 44.6 Å². The minimum atomic E-state index is 0.214. The van der Waals surface area contributed by atoms with E-state index >= 15 is 0 Å². The van der Waals surface area contributed by atoms with Crippen LogP contribution in [0.25, 0.3) is 0 Å². The Balaban J connectivity index is 1.48. The van der Waals surface area contributed by atoms with Crippen LogP contribution in [0.3, 0.4) is 0 Å². The van der Waals surface area contributed by atoms with Crippen LogP contribution in [-0.4, -0.2) is 87.6 Å². The number of nitrogens with zero attached hydrogens (tertiary/aromatic N) is 5. The first-order valence-electron chi connectivity index (χ1n) is 11.2. The van der Waals surface area contributed by atoms with E-state index in [1.54, 1.807) is 0 Å². The lowest BCUT2D eigenvalue weighted by atomic mass is 9.62. The predicted octanol–water partition coefficient (Wildman–Crippen LogP) is 2.28. The highest BCUT2D eigenvalue weighted by Crippen LogP contribution is 2.48. The molecule has 29 heavy (non-hydrogen) atoms. The fourth-order valence-corrected chi connectivity index (χ4v) is 5.59. The van der Waals surface area contributed by atoms with Crippen LogP contribution in [0.1, 0.15) is 32.6 Å². The molecule has 0 amide bonds. The molecule has 2 saturated heterocycles. The molecule has 7 heteroatoms. The summed E-state index contributed by atoms with van der Waals surface area (Å²) in [6.07, 6.45) is 6.86. The average molecular weight is 404 g/mol. The molecule has 162 valence electrons. The van der Waals surface area contributed by atoms with Crippen LogP contribution in [0, 0.1) is 11.3 Å². The van der Waals surface area contributed by atoms with Crippen molar-refractivity contribution < 1.29 is 9.47 Å². The van der Waals surface area contributed by atoms with Crippen LogP contribution in [0.4, 0.5) is 11.8 Å². The maximum Gasteiger partial charge on any atom is 0.227 e. The highest BCUT2D eigenvalue weighted by molar-refractivity contribution is 5.43. The molecule has 0 bridgehead atoms. The van der Waals surface area contributed by atoms with E-state index in [1.165, 1.54) is 25.7 Å². The molecule has 0 N–H and O–H groups in total. The van der Waals surface area contributed by atoms with E-state index in [2.05, 4.69) is 33.7 Å². The normalized spacial score (nSPS) is 30.8. The van der Waals surface area contributed by atoms with E-state index < -0.39 is 0 Å². The number of ether oxygens (including phenoxy) is 2. The van der Waals surface area contributed by atoms with Crippen molar-refractivity contribution in [2.24, 2.45) is 11.3 Å². The van der Waals surface area contributed by atoms with Gasteiger partial charge in [-0.25, -0.2) is 4.98 Å². The maximum absolute atomic E-state index is 5.78. The van der Waals surface area contributed by atoms with Gasteiger partial charge >= 0.3 is 0 Å². The summed E-state index contributed by atoms with van der Waals surface area (Å²) in [4.78, 5) is 16.7. The molecule has 0 unspecified atom stereocenters. The van der Waals surface area contributed by atoms with Crippen molar-refractivity contribution in [3.63, 3.8) is 0 Å². The van der Waals surface area contributed by atoms with E-state index in [-0.39, 0.29) is 5.41 Å². The van der Waals surface area contributed by atoms with E-state index in [9.17, 15) is 0 Å². The van der Waals surface area contributed by atoms with E-state index in [0.717, 1.165) is 64.3 Å². The number of morpholine rings is 1. The van der Waals surface area contributed by atoms with Gasteiger partial charge in [0, 0.05) is 64.5 Å². The van der Waals surface area contributed by atoms with Crippen molar-refractivity contribution in [2.45, 2.75) is 38.6 Å². The molecular formula is C22H37N5O2. The Kier molecular flexibility index (Phi) is 6.56. The Morgan fingerprint density at radius 1 is 1.28 bits per heavy atom. The largest absolute Gasteiger partial charge is 0.384 e. The summed E-state index contributed by atoms with van der Waals surface area (Å²) in [7, 11) is 3.93. The van der Waals surface area contributed by atoms with Crippen LogP contribution >= 0.6 is 0 Å². The maximum atomic E-state index is 5.78. The van der Waals surface area contributed by atoms with Gasteiger partial charge in [-0.3, -0.25) is 4.90 Å². The third-order valence-electron chi connectivity index (χ3n) is 7.42. The lowest BCUT2D eigenvalue weighted by Gasteiger charge is -2.54. The third kappa shape index (κ3) is 4.37. The molecule has 0 radical (unpaired) electrons. The summed E-state index contributed by atoms with van der Waals surface area (Å²) in [5.74, 6) is 2.57. The lowest BCUT2D eigenvalue weighted by molar-refractivity contribution is -0.0541. The van der Waals surface area contributed by atoms with Crippen molar-refractivity contribution >= 4 is 11.8 Å². The third-order valence-corrected chi connectivity index (χ3v) is 7.42. The first kappa shape index (κ1) is 20.8. The first-order chi connectivity index (χ1) is 14.1. The summed E-state index contributed by atoms with van der Waals surface area (Å²) in [5, 5.41) is 0. The SMILES string of the molecule is CCN(C)c1ccnc(N2CC[C@@H]3C[C@H](N4CCOCC4)CC[C@@]3(COC)C2)n1. The number of piperidine rings is 1. The Hall–Kier alpha value is -1.44. The number of aromatic nitrogens is 2. The molecule has 3 atom stereocenters. The zero-order chi connectivity index (χ0) is 20.3. The van der Waals surface area contributed by atoms with Gasteiger partial charge in [0.15, 0.2) is 0 Å². The summed E-state index contributed by atoms with van der Waals surface area (Å²) in [6.45, 7) is 9.90. The molecule has 3 heterocycles. The van der Waals surface area contributed by atoms with Crippen LogP contribution in [0.15, 0.2) is 12.3 Å². The monoisotopic (exact) mass is 403 g/mol. The van der Waals surface area contributed by atoms with Gasteiger partial charge in [-0.15, -0.1) is 0 Å². The molecule has 7 nitrogen and oxygen atoms in total. The smallest absolute Gasteiger partial charge is 0.227 e. The number of methoxy groups -OCH3 is 1. The predicted molar refractivity (Wildman–Crippen MR) is 116 cm³/mol. The van der Waals surface area contributed by atoms with Gasteiger partial charge in [0.1, 0.15) is 5.82 Å². The van der Waals surface area contributed by atoms with Crippen molar-refractivity contribution in [3.05, 3.63) is 12.3 Å². The lowest BCUT2D eigenvalue weighted by Crippen LogP contribution is -2.57. The number of hydrogen-bond acceptors (Lipinski definition) is 7. The van der Waals surface area contributed by atoms with Crippen molar-refractivity contribution in [2.75, 3.05) is 76.5 Å². The topological polar surface area (TPSA) is 54.0 Å². The van der Waals surface area contributed by atoms with Gasteiger partial charge < -0.3 is 19.3 Å². The van der Waals surface area contributed by atoms with Gasteiger partial charge in [-0.1, -0.05) is 0 Å². The second-order valence-electron chi connectivity index (χ2n) is 9.01. The van der Waals surface area contributed by atoms with E-state index in [0.29, 0.717) is 12.0 Å².